The Morgan fingerprint density at radius 2 is 1.82 bits per heavy atom. The van der Waals surface area contributed by atoms with Gasteiger partial charge < -0.3 is 9.47 Å². The van der Waals surface area contributed by atoms with Gasteiger partial charge in [0.15, 0.2) is 5.75 Å². The maximum absolute atomic E-state index is 12.6. The highest BCUT2D eigenvalue weighted by Gasteiger charge is 2.41. The molecule has 2 amide bonds. The second kappa shape index (κ2) is 10.2. The van der Waals surface area contributed by atoms with E-state index in [9.17, 15) is 24.5 Å². The summed E-state index contributed by atoms with van der Waals surface area (Å²) in [6.07, 6.45) is 1.44. The molecular formula is C21H16Cl2N2O7S. The summed E-state index contributed by atoms with van der Waals surface area (Å²) in [7, 11) is 1.17. The van der Waals surface area contributed by atoms with E-state index in [1.807, 2.05) is 0 Å². The third-order valence-corrected chi connectivity index (χ3v) is 6.05. The van der Waals surface area contributed by atoms with Gasteiger partial charge in [0.1, 0.15) is 12.6 Å². The lowest BCUT2D eigenvalue weighted by Gasteiger charge is -2.18. The van der Waals surface area contributed by atoms with Gasteiger partial charge in [0.2, 0.25) is 0 Å². The average Bonchev–Trinajstić information content (AvgIpc) is 3.05. The highest BCUT2D eigenvalue weighted by Crippen LogP contribution is 2.38. The van der Waals surface area contributed by atoms with E-state index in [4.69, 9.17) is 27.9 Å². The van der Waals surface area contributed by atoms with Crippen molar-refractivity contribution in [1.82, 2.24) is 4.90 Å². The zero-order chi connectivity index (χ0) is 24.3. The number of rotatable bonds is 7. The predicted octanol–water partition coefficient (Wildman–Crippen LogP) is 5.08. The number of amides is 2. The number of carbonyl (C=O) groups is 3. The summed E-state index contributed by atoms with van der Waals surface area (Å²) in [5.41, 5.74) is 1.08. The van der Waals surface area contributed by atoms with E-state index in [-0.39, 0.29) is 33.0 Å². The van der Waals surface area contributed by atoms with Crippen molar-refractivity contribution in [3.05, 3.63) is 72.6 Å². The number of hydrogen-bond donors (Lipinski definition) is 0. The summed E-state index contributed by atoms with van der Waals surface area (Å²) in [4.78, 5) is 47.7. The SMILES string of the molecule is COC(=O)[C@@H](C)N1C(=O)S/C(=C/c2cc(Cl)c(OCc3ccc([N+](=O)[O-])cc3)c(Cl)c2)C1=O. The number of esters is 1. The van der Waals surface area contributed by atoms with Gasteiger partial charge in [-0.05, 0) is 60.2 Å². The van der Waals surface area contributed by atoms with Crippen molar-refractivity contribution in [2.45, 2.75) is 19.6 Å². The normalized spacial score (nSPS) is 15.6. The molecule has 0 radical (unpaired) electrons. The van der Waals surface area contributed by atoms with E-state index >= 15 is 0 Å². The fourth-order valence-corrected chi connectivity index (χ4v) is 4.43. The van der Waals surface area contributed by atoms with Crippen molar-refractivity contribution in [3.63, 3.8) is 0 Å². The van der Waals surface area contributed by atoms with Crippen molar-refractivity contribution in [2.75, 3.05) is 7.11 Å². The molecule has 0 aliphatic carbocycles. The van der Waals surface area contributed by atoms with Crippen LogP contribution in [0, 0.1) is 10.1 Å². The maximum Gasteiger partial charge on any atom is 0.328 e. The molecule has 1 fully saturated rings. The smallest absolute Gasteiger partial charge is 0.328 e. The topological polar surface area (TPSA) is 116 Å². The van der Waals surface area contributed by atoms with Crippen LogP contribution in [0.25, 0.3) is 6.08 Å². The zero-order valence-electron chi connectivity index (χ0n) is 17.2. The van der Waals surface area contributed by atoms with Crippen LogP contribution in [0.3, 0.4) is 0 Å². The Morgan fingerprint density at radius 1 is 1.21 bits per heavy atom. The Kier molecular flexibility index (Phi) is 7.62. The van der Waals surface area contributed by atoms with Crippen molar-refractivity contribution >= 4 is 63.8 Å². The number of nitrogens with zero attached hydrogens (tertiary/aromatic N) is 2. The molecule has 0 saturated carbocycles. The van der Waals surface area contributed by atoms with E-state index in [1.165, 1.54) is 44.4 Å². The van der Waals surface area contributed by atoms with Gasteiger partial charge in [0.05, 0.1) is 27.0 Å². The van der Waals surface area contributed by atoms with Gasteiger partial charge in [-0.2, -0.15) is 0 Å². The summed E-state index contributed by atoms with van der Waals surface area (Å²) in [5.74, 6) is -1.14. The minimum absolute atomic E-state index is 0.0374. The van der Waals surface area contributed by atoms with Crippen LogP contribution in [0.2, 0.25) is 10.0 Å². The van der Waals surface area contributed by atoms with Gasteiger partial charge in [0.25, 0.3) is 16.8 Å². The Bertz CT molecular complexity index is 1140. The molecule has 1 heterocycles. The second-order valence-electron chi connectivity index (χ2n) is 6.78. The first-order valence-electron chi connectivity index (χ1n) is 9.32. The average molecular weight is 511 g/mol. The number of methoxy groups -OCH3 is 1. The van der Waals surface area contributed by atoms with E-state index in [2.05, 4.69) is 4.74 Å². The van der Waals surface area contributed by atoms with Crippen LogP contribution < -0.4 is 4.74 Å². The molecular weight excluding hydrogens is 495 g/mol. The summed E-state index contributed by atoms with van der Waals surface area (Å²) < 4.78 is 10.3. The zero-order valence-corrected chi connectivity index (χ0v) is 19.6. The van der Waals surface area contributed by atoms with E-state index in [0.29, 0.717) is 22.9 Å². The lowest BCUT2D eigenvalue weighted by atomic mass is 10.2. The summed E-state index contributed by atoms with van der Waals surface area (Å²) >= 11 is 13.3. The standard InChI is InChI=1S/C21H16Cl2N2O7S/c1-11(20(27)31-2)24-19(26)17(33-21(24)28)9-13-7-15(22)18(16(23)8-13)32-10-12-3-5-14(6-4-12)25(29)30/h3-9,11H,10H2,1-2H3/b17-9+/t11-/m1/s1. The third-order valence-electron chi connectivity index (χ3n) is 4.60. The molecule has 3 rings (SSSR count). The summed E-state index contributed by atoms with van der Waals surface area (Å²) in [6.45, 7) is 1.47. The molecule has 33 heavy (non-hydrogen) atoms. The molecule has 2 aromatic rings. The Labute approximate surface area is 202 Å². The van der Waals surface area contributed by atoms with Crippen molar-refractivity contribution in [2.24, 2.45) is 0 Å². The van der Waals surface area contributed by atoms with Crippen LogP contribution in [-0.2, 0) is 20.9 Å². The highest BCUT2D eigenvalue weighted by molar-refractivity contribution is 8.18. The van der Waals surface area contributed by atoms with E-state index in [0.717, 1.165) is 4.90 Å². The number of imide groups is 1. The minimum atomic E-state index is -1.06. The summed E-state index contributed by atoms with van der Waals surface area (Å²) in [5, 5.41) is 10.5. The largest absolute Gasteiger partial charge is 0.486 e. The number of nitro benzene ring substituents is 1. The molecule has 0 spiro atoms. The van der Waals surface area contributed by atoms with Crippen LogP contribution in [0.5, 0.6) is 5.75 Å². The number of nitro groups is 1. The molecule has 0 N–H and O–H groups in total. The van der Waals surface area contributed by atoms with Crippen molar-refractivity contribution in [3.8, 4) is 5.75 Å². The number of carbonyl (C=O) groups excluding carboxylic acids is 3. The monoisotopic (exact) mass is 510 g/mol. The molecule has 1 aliphatic heterocycles. The van der Waals surface area contributed by atoms with Gasteiger partial charge in [-0.25, -0.2) is 4.79 Å². The van der Waals surface area contributed by atoms with Gasteiger partial charge in [-0.1, -0.05) is 23.2 Å². The lowest BCUT2D eigenvalue weighted by Crippen LogP contribution is -2.42. The third kappa shape index (κ3) is 5.47. The second-order valence-corrected chi connectivity index (χ2v) is 8.58. The van der Waals surface area contributed by atoms with Crippen LogP contribution in [0.1, 0.15) is 18.1 Å². The number of benzene rings is 2. The fourth-order valence-electron chi connectivity index (χ4n) is 2.91. The Hall–Kier alpha value is -3.08. The first kappa shape index (κ1) is 24.6. The first-order valence-corrected chi connectivity index (χ1v) is 10.9. The first-order chi connectivity index (χ1) is 15.6. The number of ether oxygens (including phenoxy) is 2. The quantitative estimate of drug-likeness (QED) is 0.219. The maximum atomic E-state index is 12.6. The van der Waals surface area contributed by atoms with Gasteiger partial charge in [-0.3, -0.25) is 24.6 Å². The van der Waals surface area contributed by atoms with Crippen LogP contribution in [0.4, 0.5) is 10.5 Å². The van der Waals surface area contributed by atoms with Gasteiger partial charge in [0, 0.05) is 12.1 Å². The van der Waals surface area contributed by atoms with Gasteiger partial charge in [-0.15, -0.1) is 0 Å². The highest BCUT2D eigenvalue weighted by atomic mass is 35.5. The Morgan fingerprint density at radius 3 is 2.36 bits per heavy atom. The predicted molar refractivity (Wildman–Crippen MR) is 123 cm³/mol. The van der Waals surface area contributed by atoms with Crippen molar-refractivity contribution in [1.29, 1.82) is 0 Å². The fraction of sp³-hybridized carbons (Fsp3) is 0.190. The molecule has 12 heteroatoms. The Balaban J connectivity index is 1.76. The van der Waals surface area contributed by atoms with Crippen LogP contribution in [-0.4, -0.2) is 40.1 Å². The summed E-state index contributed by atoms with van der Waals surface area (Å²) in [6, 6.07) is 7.79. The van der Waals surface area contributed by atoms with Crippen molar-refractivity contribution < 1.29 is 28.8 Å². The number of thioether (sulfide) groups is 1. The van der Waals surface area contributed by atoms with E-state index in [1.54, 1.807) is 12.1 Å². The molecule has 9 nitrogen and oxygen atoms in total. The minimum Gasteiger partial charge on any atom is -0.486 e. The lowest BCUT2D eigenvalue weighted by molar-refractivity contribution is -0.384. The molecule has 1 atom stereocenters. The molecule has 0 bridgehead atoms. The number of halogens is 2. The molecule has 0 aromatic heterocycles. The molecule has 1 saturated heterocycles. The van der Waals surface area contributed by atoms with Gasteiger partial charge >= 0.3 is 5.97 Å². The number of non-ortho nitro benzene ring substituents is 1. The molecule has 1 aliphatic rings. The molecule has 0 unspecified atom stereocenters. The number of hydrogen-bond acceptors (Lipinski definition) is 8. The van der Waals surface area contributed by atoms with Crippen LogP contribution >= 0.6 is 35.0 Å². The van der Waals surface area contributed by atoms with Crippen LogP contribution in [0.15, 0.2) is 41.3 Å². The molecule has 2 aromatic carbocycles. The molecule has 172 valence electrons. The van der Waals surface area contributed by atoms with E-state index < -0.39 is 28.1 Å².